The van der Waals surface area contributed by atoms with Crippen LogP contribution in [0.4, 0.5) is 10.1 Å². The van der Waals surface area contributed by atoms with E-state index in [2.05, 4.69) is 20.7 Å². The Hall–Kier alpha value is -4.64. The number of halogens is 1. The summed E-state index contributed by atoms with van der Waals surface area (Å²) in [4.78, 5) is 41.1. The molecule has 0 fully saturated rings. The lowest BCUT2D eigenvalue weighted by molar-refractivity contribution is 0.0943. The van der Waals surface area contributed by atoms with Gasteiger partial charge in [-0.15, -0.1) is 0 Å². The number of nitrogens with two attached hydrogens (primary N) is 1. The minimum Gasteiger partial charge on any atom is -0.395 e. The summed E-state index contributed by atoms with van der Waals surface area (Å²) in [7, 11) is 0. The van der Waals surface area contributed by atoms with Crippen molar-refractivity contribution in [2.75, 3.05) is 18.5 Å². The van der Waals surface area contributed by atoms with E-state index in [0.717, 1.165) is 11.6 Å². The topological polar surface area (TPSA) is 152 Å². The van der Waals surface area contributed by atoms with Crippen molar-refractivity contribution in [2.24, 2.45) is 5.73 Å². The molecule has 10 nitrogen and oxygen atoms in total. The minimum atomic E-state index is -0.836. The van der Waals surface area contributed by atoms with Crippen molar-refractivity contribution in [1.29, 1.82) is 0 Å². The van der Waals surface area contributed by atoms with E-state index < -0.39 is 17.6 Å². The number of nitrogens with one attached hydrogen (secondary N) is 2. The summed E-state index contributed by atoms with van der Waals surface area (Å²) in [5.41, 5.74) is 8.59. The predicted octanol–water partition coefficient (Wildman–Crippen LogP) is 2.31. The van der Waals surface area contributed by atoms with Crippen LogP contribution in [-0.4, -0.2) is 50.7 Å². The first-order valence-electron chi connectivity index (χ1n) is 11.4. The predicted molar refractivity (Wildman–Crippen MR) is 135 cm³/mol. The molecule has 4 rings (SSSR count). The van der Waals surface area contributed by atoms with Gasteiger partial charge in [0.05, 0.1) is 41.3 Å². The number of amides is 3. The highest BCUT2D eigenvalue weighted by molar-refractivity contribution is 6.14. The summed E-state index contributed by atoms with van der Waals surface area (Å²) in [5.74, 6) is -2.19. The van der Waals surface area contributed by atoms with Crippen LogP contribution in [0.2, 0.25) is 0 Å². The third-order valence-electron chi connectivity index (χ3n) is 5.83. The molecule has 0 aliphatic heterocycles. The zero-order chi connectivity index (χ0) is 26.7. The van der Waals surface area contributed by atoms with Gasteiger partial charge in [0.15, 0.2) is 0 Å². The van der Waals surface area contributed by atoms with Crippen LogP contribution in [0.5, 0.6) is 0 Å². The van der Waals surface area contributed by atoms with Gasteiger partial charge in [-0.25, -0.2) is 9.37 Å². The summed E-state index contributed by atoms with van der Waals surface area (Å²) in [6.45, 7) is 3.99. The maximum absolute atomic E-state index is 13.8. The molecular formula is C26H25FN6O4. The number of aryl methyl sites for hydroxylation is 1. The Balaban J connectivity index is 1.58. The molecule has 0 bridgehead atoms. The Morgan fingerprint density at radius 2 is 1.78 bits per heavy atom. The third kappa shape index (κ3) is 5.46. The lowest BCUT2D eigenvalue weighted by Crippen LogP contribution is -2.26. The van der Waals surface area contributed by atoms with E-state index in [4.69, 9.17) is 10.8 Å². The van der Waals surface area contributed by atoms with E-state index >= 15 is 0 Å². The number of nitrogens with zero attached hydrogens (tertiary/aromatic N) is 3. The molecule has 11 heteroatoms. The largest absolute Gasteiger partial charge is 0.395 e. The molecular weight excluding hydrogens is 479 g/mol. The Morgan fingerprint density at radius 1 is 1.05 bits per heavy atom. The molecule has 0 saturated carbocycles. The van der Waals surface area contributed by atoms with Gasteiger partial charge >= 0.3 is 0 Å². The molecule has 0 saturated heterocycles. The fraction of sp³-hybridized carbons (Fsp3) is 0.192. The average molecular weight is 505 g/mol. The highest BCUT2D eigenvalue weighted by Gasteiger charge is 2.20. The number of hydrogen-bond acceptors (Lipinski definition) is 6. The van der Waals surface area contributed by atoms with Gasteiger partial charge in [0.1, 0.15) is 11.5 Å². The molecule has 190 valence electrons. The molecule has 5 N–H and O–H groups in total. The number of primary amides is 1. The van der Waals surface area contributed by atoms with Crippen LogP contribution < -0.4 is 16.4 Å². The monoisotopic (exact) mass is 504 g/mol. The number of fused-ring (bicyclic) bond motifs is 1. The zero-order valence-corrected chi connectivity index (χ0v) is 20.2. The first-order chi connectivity index (χ1) is 17.7. The van der Waals surface area contributed by atoms with E-state index in [9.17, 15) is 18.8 Å². The van der Waals surface area contributed by atoms with Crippen molar-refractivity contribution in [3.8, 4) is 0 Å². The third-order valence-corrected chi connectivity index (χ3v) is 5.83. The van der Waals surface area contributed by atoms with Gasteiger partial charge in [0.25, 0.3) is 17.7 Å². The molecule has 37 heavy (non-hydrogen) atoms. The normalized spacial score (nSPS) is 10.9. The first kappa shape index (κ1) is 25.5. The van der Waals surface area contributed by atoms with Crippen LogP contribution in [0.3, 0.4) is 0 Å². The highest BCUT2D eigenvalue weighted by atomic mass is 19.1. The Labute approximate surface area is 211 Å². The molecule has 4 aromatic rings. The molecule has 0 atom stereocenters. The molecule has 0 aliphatic rings. The van der Waals surface area contributed by atoms with E-state index in [1.807, 2.05) is 0 Å². The second kappa shape index (κ2) is 10.5. The van der Waals surface area contributed by atoms with Crippen molar-refractivity contribution >= 4 is 34.3 Å². The van der Waals surface area contributed by atoms with E-state index in [0.29, 0.717) is 34.6 Å². The second-order valence-electron chi connectivity index (χ2n) is 8.41. The highest BCUT2D eigenvalue weighted by Crippen LogP contribution is 2.25. The van der Waals surface area contributed by atoms with E-state index in [1.165, 1.54) is 18.2 Å². The number of carbonyl (C=O) groups is 3. The lowest BCUT2D eigenvalue weighted by atomic mass is 10.1. The smallest absolute Gasteiger partial charge is 0.267 e. The van der Waals surface area contributed by atoms with Gasteiger partial charge in [0, 0.05) is 23.6 Å². The summed E-state index contributed by atoms with van der Waals surface area (Å²) in [5, 5.41) is 19.2. The van der Waals surface area contributed by atoms with Crippen molar-refractivity contribution < 1.29 is 23.9 Å². The molecule has 0 spiro atoms. The first-order valence-corrected chi connectivity index (χ1v) is 11.4. The fourth-order valence-electron chi connectivity index (χ4n) is 3.93. The molecule has 2 aromatic carbocycles. The number of aliphatic hydroxyl groups excluding tert-OH is 1. The molecule has 2 heterocycles. The van der Waals surface area contributed by atoms with Crippen LogP contribution in [-0.2, 0) is 6.54 Å². The SMILES string of the molecule is Cc1nn(Cc2ccc(C(=O)NCCO)cc2)c(C)c1NC(=O)c1cc(C(N)=O)nc2cc(F)ccc12. The standard InChI is InChI=1S/C26H25FN6O4/c1-14-23(15(2)33(32-14)13-16-3-5-17(6-4-16)25(36)29-9-10-34)31-26(37)20-12-22(24(28)35)30-21-11-18(27)7-8-19(20)21/h3-8,11-12,34H,9-10,13H2,1-2H3,(H2,28,35)(H,29,36)(H,31,37). The minimum absolute atomic E-state index is 0.125. The van der Waals surface area contributed by atoms with Gasteiger partial charge in [0.2, 0.25) is 0 Å². The van der Waals surface area contributed by atoms with Crippen LogP contribution in [0.15, 0.2) is 48.5 Å². The van der Waals surface area contributed by atoms with Crippen LogP contribution >= 0.6 is 0 Å². The molecule has 2 aromatic heterocycles. The van der Waals surface area contributed by atoms with Crippen LogP contribution in [0.1, 0.15) is 48.2 Å². The van der Waals surface area contributed by atoms with E-state index in [1.54, 1.807) is 42.8 Å². The maximum Gasteiger partial charge on any atom is 0.267 e. The Bertz CT molecular complexity index is 1510. The van der Waals surface area contributed by atoms with E-state index in [-0.39, 0.29) is 35.8 Å². The van der Waals surface area contributed by atoms with Gasteiger partial charge in [-0.1, -0.05) is 12.1 Å². The molecule has 0 unspecified atom stereocenters. The number of benzene rings is 2. The quantitative estimate of drug-likeness (QED) is 0.289. The van der Waals surface area contributed by atoms with Crippen molar-refractivity contribution in [3.05, 3.63) is 88.1 Å². The average Bonchev–Trinajstić information content (AvgIpc) is 3.13. The summed E-state index contributed by atoms with van der Waals surface area (Å²) in [6, 6.07) is 12.0. The number of aliphatic hydroxyl groups is 1. The second-order valence-corrected chi connectivity index (χ2v) is 8.41. The van der Waals surface area contributed by atoms with Crippen molar-refractivity contribution in [1.82, 2.24) is 20.1 Å². The fourth-order valence-corrected chi connectivity index (χ4v) is 3.93. The molecule has 3 amide bonds. The number of anilines is 1. The van der Waals surface area contributed by atoms with Crippen molar-refractivity contribution in [2.45, 2.75) is 20.4 Å². The number of rotatable bonds is 8. The zero-order valence-electron chi connectivity index (χ0n) is 20.2. The summed E-state index contributed by atoms with van der Waals surface area (Å²) >= 11 is 0. The lowest BCUT2D eigenvalue weighted by Gasteiger charge is -2.11. The van der Waals surface area contributed by atoms with Gasteiger partial charge in [-0.05, 0) is 49.7 Å². The molecule has 0 radical (unpaired) electrons. The van der Waals surface area contributed by atoms with Crippen LogP contribution in [0, 0.1) is 19.7 Å². The number of aromatic nitrogens is 3. The maximum atomic E-state index is 13.8. The van der Waals surface area contributed by atoms with Gasteiger partial charge in [-0.3, -0.25) is 19.1 Å². The number of pyridine rings is 1. The molecule has 0 aliphatic carbocycles. The van der Waals surface area contributed by atoms with Gasteiger partial charge in [-0.2, -0.15) is 5.10 Å². The van der Waals surface area contributed by atoms with Crippen molar-refractivity contribution in [3.63, 3.8) is 0 Å². The Kier molecular flexibility index (Phi) is 7.25. The summed E-state index contributed by atoms with van der Waals surface area (Å²) in [6.07, 6.45) is 0. The Morgan fingerprint density at radius 3 is 2.46 bits per heavy atom. The van der Waals surface area contributed by atoms with Gasteiger partial charge < -0.3 is 21.5 Å². The summed E-state index contributed by atoms with van der Waals surface area (Å²) < 4.78 is 15.5. The number of carbonyl (C=O) groups excluding carboxylic acids is 3. The number of hydrogen-bond donors (Lipinski definition) is 4. The van der Waals surface area contributed by atoms with Crippen LogP contribution in [0.25, 0.3) is 10.9 Å².